The number of aromatic amines is 1. The lowest BCUT2D eigenvalue weighted by Crippen LogP contribution is -2.48. The van der Waals surface area contributed by atoms with Crippen LogP contribution in [0.15, 0.2) is 42.6 Å². The Bertz CT molecular complexity index is 1150. The van der Waals surface area contributed by atoms with E-state index in [0.29, 0.717) is 15.6 Å². The number of thioether (sulfide) groups is 1. The number of hydrogen-bond donors (Lipinski definition) is 1. The molecule has 2 aromatic carbocycles. The van der Waals surface area contributed by atoms with Gasteiger partial charge >= 0.3 is 11.9 Å². The summed E-state index contributed by atoms with van der Waals surface area (Å²) in [6.45, 7) is 3.06. The van der Waals surface area contributed by atoms with Crippen molar-refractivity contribution < 1.29 is 19.1 Å². The molecular weight excluding hydrogens is 457 g/mol. The molecule has 1 aliphatic rings. The standard InChI is InChI=1S/C23H21Cl2NO4S/c1-23(2)29-21(27)19(22(28)30-23)18(15-8-7-13(24)9-17(15)25)16-10-26-20-12(11-31-3)5-4-6-14(16)20/h4-10,18-19,26H,11H2,1-3H3. The van der Waals surface area contributed by atoms with Gasteiger partial charge < -0.3 is 14.5 Å². The molecule has 4 rings (SSSR count). The first-order chi connectivity index (χ1) is 14.7. The molecule has 1 atom stereocenters. The Morgan fingerprint density at radius 2 is 1.81 bits per heavy atom. The third-order valence-electron chi connectivity index (χ3n) is 5.30. The molecule has 1 unspecified atom stereocenters. The molecule has 2 heterocycles. The Hall–Kier alpha value is -2.15. The molecule has 1 aromatic heterocycles. The lowest BCUT2D eigenvalue weighted by atomic mass is 9.79. The predicted octanol–water partition coefficient (Wildman–Crippen LogP) is 5.92. The minimum atomic E-state index is -1.31. The number of carbonyl (C=O) groups excluding carboxylic acids is 2. The lowest BCUT2D eigenvalue weighted by Gasteiger charge is -2.36. The van der Waals surface area contributed by atoms with Gasteiger partial charge in [-0.1, -0.05) is 47.5 Å². The highest BCUT2D eigenvalue weighted by Gasteiger charge is 2.49. The fourth-order valence-electron chi connectivity index (χ4n) is 4.05. The molecule has 0 amide bonds. The zero-order chi connectivity index (χ0) is 22.3. The molecule has 0 saturated carbocycles. The van der Waals surface area contributed by atoms with E-state index < -0.39 is 29.6 Å². The van der Waals surface area contributed by atoms with E-state index in [1.807, 2.05) is 24.6 Å². The van der Waals surface area contributed by atoms with Crippen LogP contribution in [0.3, 0.4) is 0 Å². The van der Waals surface area contributed by atoms with Crippen LogP contribution in [0, 0.1) is 5.92 Å². The first kappa shape index (κ1) is 22.1. The SMILES string of the molecule is CSCc1cccc2c(C(c3ccc(Cl)cc3Cl)C3C(=O)OC(C)(C)OC3=O)c[nH]c12. The summed E-state index contributed by atoms with van der Waals surface area (Å²) in [6, 6.07) is 11.0. The molecule has 1 N–H and O–H groups in total. The number of H-pyrrole nitrogens is 1. The number of carbonyl (C=O) groups is 2. The monoisotopic (exact) mass is 477 g/mol. The van der Waals surface area contributed by atoms with Gasteiger partial charge in [0.25, 0.3) is 5.79 Å². The van der Waals surface area contributed by atoms with Gasteiger partial charge in [0, 0.05) is 52.7 Å². The molecule has 1 aliphatic heterocycles. The van der Waals surface area contributed by atoms with Gasteiger partial charge in [-0.25, -0.2) is 0 Å². The summed E-state index contributed by atoms with van der Waals surface area (Å²) in [5, 5.41) is 1.73. The van der Waals surface area contributed by atoms with Gasteiger partial charge in [-0.05, 0) is 35.1 Å². The molecule has 31 heavy (non-hydrogen) atoms. The van der Waals surface area contributed by atoms with Crippen molar-refractivity contribution in [1.29, 1.82) is 0 Å². The molecule has 8 heteroatoms. The summed E-state index contributed by atoms with van der Waals surface area (Å²) in [6.07, 6.45) is 3.86. The Morgan fingerprint density at radius 1 is 1.10 bits per heavy atom. The predicted molar refractivity (Wildman–Crippen MR) is 124 cm³/mol. The minimum Gasteiger partial charge on any atom is -0.422 e. The summed E-state index contributed by atoms with van der Waals surface area (Å²) < 4.78 is 10.9. The van der Waals surface area contributed by atoms with Crippen molar-refractivity contribution in [2.24, 2.45) is 5.92 Å². The van der Waals surface area contributed by atoms with Crippen LogP contribution in [0.1, 0.15) is 36.5 Å². The summed E-state index contributed by atoms with van der Waals surface area (Å²) in [7, 11) is 0. The zero-order valence-corrected chi connectivity index (χ0v) is 19.5. The molecule has 0 radical (unpaired) electrons. The van der Waals surface area contributed by atoms with Crippen molar-refractivity contribution in [3.63, 3.8) is 0 Å². The Kier molecular flexibility index (Phi) is 5.99. The second kappa shape index (κ2) is 8.41. The number of fused-ring (bicyclic) bond motifs is 1. The molecule has 5 nitrogen and oxygen atoms in total. The summed E-state index contributed by atoms with van der Waals surface area (Å²) >= 11 is 14.4. The van der Waals surface area contributed by atoms with Gasteiger partial charge in [-0.15, -0.1) is 0 Å². The van der Waals surface area contributed by atoms with Gasteiger partial charge in [0.2, 0.25) is 0 Å². The van der Waals surface area contributed by atoms with Crippen LogP contribution in [-0.4, -0.2) is 29.0 Å². The largest absolute Gasteiger partial charge is 0.422 e. The van der Waals surface area contributed by atoms with E-state index in [0.717, 1.165) is 27.8 Å². The van der Waals surface area contributed by atoms with Crippen LogP contribution in [0.5, 0.6) is 0 Å². The number of benzene rings is 2. The molecule has 3 aromatic rings. The minimum absolute atomic E-state index is 0.359. The lowest BCUT2D eigenvalue weighted by molar-refractivity contribution is -0.240. The molecule has 162 valence electrons. The van der Waals surface area contributed by atoms with Crippen molar-refractivity contribution >= 4 is 57.8 Å². The van der Waals surface area contributed by atoms with E-state index in [9.17, 15) is 9.59 Å². The van der Waals surface area contributed by atoms with E-state index in [2.05, 4.69) is 11.1 Å². The van der Waals surface area contributed by atoms with E-state index >= 15 is 0 Å². The van der Waals surface area contributed by atoms with Crippen molar-refractivity contribution in [2.75, 3.05) is 6.26 Å². The van der Waals surface area contributed by atoms with Gasteiger partial charge in [-0.3, -0.25) is 9.59 Å². The molecule has 0 bridgehead atoms. The first-order valence-corrected chi connectivity index (χ1v) is 11.9. The fourth-order valence-corrected chi connectivity index (χ4v) is 5.13. The Balaban J connectivity index is 1.92. The quantitative estimate of drug-likeness (QED) is 0.364. The third-order valence-corrected chi connectivity index (χ3v) is 6.46. The van der Waals surface area contributed by atoms with Crippen molar-refractivity contribution in [3.8, 4) is 0 Å². The normalized spacial score (nSPS) is 17.5. The number of esters is 2. The number of para-hydroxylation sites is 1. The number of halogens is 2. The van der Waals surface area contributed by atoms with Crippen molar-refractivity contribution in [3.05, 3.63) is 69.3 Å². The van der Waals surface area contributed by atoms with Crippen LogP contribution in [-0.2, 0) is 24.8 Å². The molecule has 1 saturated heterocycles. The van der Waals surface area contributed by atoms with Crippen molar-refractivity contribution in [1.82, 2.24) is 4.98 Å². The number of aromatic nitrogens is 1. The number of cyclic esters (lactones) is 2. The maximum absolute atomic E-state index is 13.0. The number of nitrogens with one attached hydrogen (secondary N) is 1. The van der Waals surface area contributed by atoms with Crippen LogP contribution in [0.4, 0.5) is 0 Å². The highest BCUT2D eigenvalue weighted by atomic mass is 35.5. The summed E-state index contributed by atoms with van der Waals surface area (Å²) in [5.41, 5.74) is 3.45. The van der Waals surface area contributed by atoms with E-state index in [-0.39, 0.29) is 0 Å². The van der Waals surface area contributed by atoms with Gasteiger partial charge in [0.15, 0.2) is 5.92 Å². The molecule has 1 fully saturated rings. The van der Waals surface area contributed by atoms with Crippen LogP contribution >= 0.6 is 35.0 Å². The van der Waals surface area contributed by atoms with Crippen LogP contribution in [0.25, 0.3) is 10.9 Å². The zero-order valence-electron chi connectivity index (χ0n) is 17.2. The average Bonchev–Trinajstić information content (AvgIpc) is 3.09. The molecule has 0 aliphatic carbocycles. The summed E-state index contributed by atoms with van der Waals surface area (Å²) in [5.74, 6) is -3.69. The first-order valence-electron chi connectivity index (χ1n) is 9.70. The number of hydrogen-bond acceptors (Lipinski definition) is 5. The second-order valence-corrected chi connectivity index (χ2v) is 9.59. The summed E-state index contributed by atoms with van der Waals surface area (Å²) in [4.78, 5) is 29.3. The third kappa shape index (κ3) is 4.16. The van der Waals surface area contributed by atoms with E-state index in [1.165, 1.54) is 13.8 Å². The topological polar surface area (TPSA) is 68.4 Å². The smallest absolute Gasteiger partial charge is 0.324 e. The second-order valence-electron chi connectivity index (χ2n) is 7.88. The highest BCUT2D eigenvalue weighted by molar-refractivity contribution is 7.97. The van der Waals surface area contributed by atoms with E-state index in [4.69, 9.17) is 32.7 Å². The highest BCUT2D eigenvalue weighted by Crippen LogP contribution is 2.43. The van der Waals surface area contributed by atoms with E-state index in [1.54, 1.807) is 30.0 Å². The van der Waals surface area contributed by atoms with Crippen molar-refractivity contribution in [2.45, 2.75) is 31.3 Å². The maximum Gasteiger partial charge on any atom is 0.324 e. The average molecular weight is 478 g/mol. The Labute approximate surface area is 194 Å². The van der Waals surface area contributed by atoms with Crippen LogP contribution < -0.4 is 0 Å². The number of rotatable bonds is 5. The number of ether oxygens (including phenoxy) is 2. The van der Waals surface area contributed by atoms with Gasteiger partial charge in [0.05, 0.1) is 0 Å². The van der Waals surface area contributed by atoms with Crippen LogP contribution in [0.2, 0.25) is 10.0 Å². The molecular formula is C23H21Cl2NO4S. The van der Waals surface area contributed by atoms with Gasteiger partial charge in [0.1, 0.15) is 0 Å². The maximum atomic E-state index is 13.0. The van der Waals surface area contributed by atoms with Gasteiger partial charge in [-0.2, -0.15) is 11.8 Å². The fraction of sp³-hybridized carbons (Fsp3) is 0.304. The Morgan fingerprint density at radius 3 is 2.45 bits per heavy atom. The molecule has 0 spiro atoms.